The maximum atomic E-state index is 5.19. The summed E-state index contributed by atoms with van der Waals surface area (Å²) in [4.78, 5) is 15.4. The molecule has 0 N–H and O–H groups in total. The van der Waals surface area contributed by atoms with Crippen LogP contribution in [0.1, 0.15) is 18.7 Å². The Hall–Kier alpha value is -7.37. The first-order valence-electron chi connectivity index (χ1n) is 19.2. The summed E-state index contributed by atoms with van der Waals surface area (Å²) in [5.74, 6) is 2.05. The lowest BCUT2D eigenvalue weighted by atomic mass is 9.98. The number of fused-ring (bicyclic) bond motifs is 6. The van der Waals surface area contributed by atoms with Gasteiger partial charge in [0.2, 0.25) is 0 Å². The first-order valence-corrected chi connectivity index (χ1v) is 19.2. The number of benzene rings is 7. The molecule has 5 heteroatoms. The Morgan fingerprint density at radius 3 is 1.89 bits per heavy atom. The Labute approximate surface area is 324 Å². The van der Waals surface area contributed by atoms with E-state index in [1.165, 1.54) is 43.7 Å². The molecule has 0 unspecified atom stereocenters. The van der Waals surface area contributed by atoms with Crippen molar-refractivity contribution < 1.29 is 0 Å². The minimum atomic E-state index is 0.654. The number of nitrogens with zero attached hydrogens (tertiary/aromatic N) is 5. The molecule has 10 aromatic rings. The molecule has 5 nitrogen and oxygen atoms in total. The number of rotatable bonds is 6. The molecule has 0 radical (unpaired) electrons. The molecule has 1 aliphatic carbocycles. The molecule has 3 heterocycles. The van der Waals surface area contributed by atoms with Crippen LogP contribution in [0, 0.1) is 0 Å². The highest BCUT2D eigenvalue weighted by Crippen LogP contribution is 2.42. The van der Waals surface area contributed by atoms with Gasteiger partial charge >= 0.3 is 0 Å². The number of hydrogen-bond donors (Lipinski definition) is 0. The minimum Gasteiger partial charge on any atom is -0.309 e. The Balaban J connectivity index is 1.14. The van der Waals surface area contributed by atoms with E-state index >= 15 is 0 Å². The fourth-order valence-corrected chi connectivity index (χ4v) is 8.52. The van der Waals surface area contributed by atoms with E-state index < -0.39 is 0 Å². The normalized spacial score (nSPS) is 12.9. The predicted octanol–water partition coefficient (Wildman–Crippen LogP) is 12.8. The monoisotopic (exact) mass is 717 g/mol. The third-order valence-corrected chi connectivity index (χ3v) is 11.1. The van der Waals surface area contributed by atoms with Gasteiger partial charge < -0.3 is 9.13 Å². The summed E-state index contributed by atoms with van der Waals surface area (Å²) in [5.41, 5.74) is 12.2. The smallest absolute Gasteiger partial charge is 0.166 e. The zero-order valence-corrected chi connectivity index (χ0v) is 30.5. The van der Waals surface area contributed by atoms with Crippen LogP contribution in [0.5, 0.6) is 0 Å². The van der Waals surface area contributed by atoms with E-state index in [4.69, 9.17) is 15.0 Å². The summed E-state index contributed by atoms with van der Waals surface area (Å²) in [6, 6.07) is 60.4. The maximum Gasteiger partial charge on any atom is 0.166 e. The second-order valence-electron chi connectivity index (χ2n) is 14.3. The fraction of sp³-hybridized carbons (Fsp3) is 0.0392. The molecule has 0 aliphatic heterocycles. The van der Waals surface area contributed by atoms with E-state index in [1.807, 2.05) is 18.2 Å². The van der Waals surface area contributed by atoms with Gasteiger partial charge in [-0.1, -0.05) is 140 Å². The summed E-state index contributed by atoms with van der Waals surface area (Å²) in [6.07, 6.45) is 8.29. The van der Waals surface area contributed by atoms with E-state index in [9.17, 15) is 0 Å². The highest BCUT2D eigenvalue weighted by Gasteiger charge is 2.22. The van der Waals surface area contributed by atoms with Gasteiger partial charge in [-0.3, -0.25) is 0 Å². The molecule has 56 heavy (non-hydrogen) atoms. The molecule has 0 atom stereocenters. The molecule has 0 amide bonds. The summed E-state index contributed by atoms with van der Waals surface area (Å²) < 4.78 is 4.78. The van der Waals surface area contributed by atoms with E-state index in [0.29, 0.717) is 11.6 Å². The maximum absolute atomic E-state index is 5.19. The molecular weight excluding hydrogens is 683 g/mol. The largest absolute Gasteiger partial charge is 0.309 e. The van der Waals surface area contributed by atoms with Gasteiger partial charge in [0.15, 0.2) is 17.5 Å². The number of para-hydroxylation sites is 4. The molecule has 3 aromatic heterocycles. The number of hydrogen-bond acceptors (Lipinski definition) is 3. The van der Waals surface area contributed by atoms with Gasteiger partial charge in [-0.25, -0.2) is 15.0 Å². The van der Waals surface area contributed by atoms with Gasteiger partial charge in [-0.15, -0.1) is 0 Å². The molecule has 0 spiro atoms. The lowest BCUT2D eigenvalue weighted by Gasteiger charge is -2.15. The van der Waals surface area contributed by atoms with Crippen LogP contribution >= 0.6 is 0 Å². The standard InChI is InChI=1S/C51H35N5/c1-4-17-34(18-5-1)49-52-50(35-19-6-2-7-20-35)54-51(53-49)42-25-12-15-29-45(42)56-44-28-14-11-24-41(44)48-38(26-16-30-46(48)56)36-31-32-40-39-23-10-13-27-43(39)55(47(40)33-36)37-21-8-3-9-22-37/h1-6,8-19,21-33H,7,20H2. The van der Waals surface area contributed by atoms with Crippen molar-refractivity contribution in [3.63, 3.8) is 0 Å². The molecule has 0 bridgehead atoms. The van der Waals surface area contributed by atoms with Crippen molar-refractivity contribution in [1.82, 2.24) is 24.1 Å². The molecule has 7 aromatic carbocycles. The van der Waals surface area contributed by atoms with Crippen molar-refractivity contribution in [2.24, 2.45) is 0 Å². The highest BCUT2D eigenvalue weighted by molar-refractivity contribution is 6.17. The average Bonchev–Trinajstić information content (AvgIpc) is 3.80. The second-order valence-corrected chi connectivity index (χ2v) is 14.3. The zero-order chi connectivity index (χ0) is 37.0. The van der Waals surface area contributed by atoms with Crippen LogP contribution in [0.15, 0.2) is 188 Å². The zero-order valence-electron chi connectivity index (χ0n) is 30.5. The number of aromatic nitrogens is 5. The average molecular weight is 718 g/mol. The van der Waals surface area contributed by atoms with Gasteiger partial charge in [-0.05, 0) is 78.1 Å². The molecule has 0 fully saturated rings. The first kappa shape index (κ1) is 32.1. The van der Waals surface area contributed by atoms with Gasteiger partial charge in [0, 0.05) is 38.4 Å². The van der Waals surface area contributed by atoms with Crippen LogP contribution in [0.25, 0.3) is 94.5 Å². The van der Waals surface area contributed by atoms with Crippen LogP contribution < -0.4 is 0 Å². The summed E-state index contributed by atoms with van der Waals surface area (Å²) >= 11 is 0. The molecule has 0 saturated heterocycles. The number of allylic oxidation sites excluding steroid dienone is 4. The van der Waals surface area contributed by atoms with Crippen LogP contribution in [0.4, 0.5) is 0 Å². The Morgan fingerprint density at radius 2 is 1.07 bits per heavy atom. The van der Waals surface area contributed by atoms with Crippen LogP contribution in [0.2, 0.25) is 0 Å². The van der Waals surface area contributed by atoms with Crippen molar-refractivity contribution in [2.45, 2.75) is 12.8 Å². The minimum absolute atomic E-state index is 0.654. The van der Waals surface area contributed by atoms with Crippen LogP contribution in [-0.4, -0.2) is 24.1 Å². The highest BCUT2D eigenvalue weighted by atomic mass is 15.1. The Bertz CT molecular complexity index is 3190. The Morgan fingerprint density at radius 1 is 0.429 bits per heavy atom. The van der Waals surface area contributed by atoms with Crippen LogP contribution in [-0.2, 0) is 0 Å². The van der Waals surface area contributed by atoms with Crippen molar-refractivity contribution in [3.8, 4) is 45.3 Å². The van der Waals surface area contributed by atoms with Gasteiger partial charge in [0.25, 0.3) is 0 Å². The molecule has 11 rings (SSSR count). The lowest BCUT2D eigenvalue weighted by molar-refractivity contribution is 0.976. The molecule has 264 valence electrons. The third kappa shape index (κ3) is 5.20. The van der Waals surface area contributed by atoms with Crippen molar-refractivity contribution in [3.05, 3.63) is 194 Å². The first-order chi connectivity index (χ1) is 27.8. The Kier molecular flexibility index (Phi) is 7.56. The topological polar surface area (TPSA) is 48.5 Å². The van der Waals surface area contributed by atoms with Crippen molar-refractivity contribution in [1.29, 1.82) is 0 Å². The third-order valence-electron chi connectivity index (χ3n) is 11.1. The van der Waals surface area contributed by atoms with Crippen molar-refractivity contribution >= 4 is 49.2 Å². The second kappa shape index (κ2) is 13.2. The van der Waals surface area contributed by atoms with E-state index in [-0.39, 0.29) is 0 Å². The van der Waals surface area contributed by atoms with E-state index in [2.05, 4.69) is 179 Å². The SMILES string of the molecule is C1=CCCC(c2nc(-c3ccccc3)nc(-c3ccccc3-n3c4ccccc4c4c(-c5ccc6c7ccccc7n(-c7ccccc7)c6c5)cccc43)n2)=C1. The molecule has 1 aliphatic rings. The summed E-state index contributed by atoms with van der Waals surface area (Å²) in [6.45, 7) is 0. The molecule has 0 saturated carbocycles. The molecular formula is C51H35N5. The van der Waals surface area contributed by atoms with E-state index in [0.717, 1.165) is 57.8 Å². The van der Waals surface area contributed by atoms with Crippen LogP contribution in [0.3, 0.4) is 0 Å². The lowest BCUT2D eigenvalue weighted by Crippen LogP contribution is -2.05. The van der Waals surface area contributed by atoms with Gasteiger partial charge in [0.05, 0.1) is 27.8 Å². The predicted molar refractivity (Wildman–Crippen MR) is 231 cm³/mol. The van der Waals surface area contributed by atoms with Gasteiger partial charge in [0.1, 0.15) is 0 Å². The quantitative estimate of drug-likeness (QED) is 0.172. The fourth-order valence-electron chi connectivity index (χ4n) is 8.52. The van der Waals surface area contributed by atoms with E-state index in [1.54, 1.807) is 0 Å². The van der Waals surface area contributed by atoms with Crippen molar-refractivity contribution in [2.75, 3.05) is 0 Å². The summed E-state index contributed by atoms with van der Waals surface area (Å²) in [7, 11) is 0. The van der Waals surface area contributed by atoms with Gasteiger partial charge in [-0.2, -0.15) is 0 Å². The summed E-state index contributed by atoms with van der Waals surface area (Å²) in [5, 5.41) is 4.89.